The number of rotatable bonds is 7. The second-order valence-corrected chi connectivity index (χ2v) is 7.64. The zero-order valence-electron chi connectivity index (χ0n) is 15.4. The molecule has 0 saturated heterocycles. The predicted molar refractivity (Wildman–Crippen MR) is 114 cm³/mol. The van der Waals surface area contributed by atoms with E-state index in [-0.39, 0.29) is 11.3 Å². The number of benzene rings is 1. The molecule has 0 aliphatic carbocycles. The molecule has 1 amide bonds. The van der Waals surface area contributed by atoms with Crippen molar-refractivity contribution in [2.45, 2.75) is 0 Å². The van der Waals surface area contributed by atoms with Crippen molar-refractivity contribution in [1.82, 2.24) is 0 Å². The summed E-state index contributed by atoms with van der Waals surface area (Å²) in [6.07, 6.45) is 1.74. The van der Waals surface area contributed by atoms with Crippen LogP contribution in [0.2, 0.25) is 0 Å². The van der Waals surface area contributed by atoms with Crippen LogP contribution in [-0.2, 0) is 19.1 Å². The molecule has 0 aliphatic rings. The van der Waals surface area contributed by atoms with Gasteiger partial charge in [-0.15, -0.1) is 22.7 Å². The summed E-state index contributed by atoms with van der Waals surface area (Å²) in [4.78, 5) is 38.3. The molecule has 0 atom stereocenters. The number of hydrogen-bond donors (Lipinski definition) is 1. The molecule has 1 aromatic carbocycles. The Hall–Kier alpha value is -3.23. The molecule has 0 spiro atoms. The number of nitrogens with one attached hydrogen (secondary N) is 1. The third-order valence-electron chi connectivity index (χ3n) is 3.78. The molecule has 0 bridgehead atoms. The minimum absolute atomic E-state index is 0.214. The van der Waals surface area contributed by atoms with Crippen LogP contribution in [0.5, 0.6) is 0 Å². The average Bonchev–Trinajstić information content (AvgIpc) is 3.44. The van der Waals surface area contributed by atoms with E-state index in [2.05, 4.69) is 5.32 Å². The second kappa shape index (κ2) is 9.81. The molecule has 0 fully saturated rings. The Morgan fingerprint density at radius 2 is 1.76 bits per heavy atom. The first-order chi connectivity index (χ1) is 14.1. The van der Waals surface area contributed by atoms with Gasteiger partial charge in [-0.1, -0.05) is 24.3 Å². The summed E-state index contributed by atoms with van der Waals surface area (Å²) < 4.78 is 9.91. The number of ether oxygens (including phenoxy) is 2. The highest BCUT2D eigenvalue weighted by Gasteiger charge is 2.18. The van der Waals surface area contributed by atoms with Crippen LogP contribution in [0.4, 0.5) is 5.69 Å². The summed E-state index contributed by atoms with van der Waals surface area (Å²) in [5.74, 6) is -1.73. The van der Waals surface area contributed by atoms with Gasteiger partial charge in [0.15, 0.2) is 6.61 Å². The SMILES string of the molecule is COC(=O)c1ccccc1NC(=O)COC(=O)C(=Cc1cccs1)c1cccs1. The van der Waals surface area contributed by atoms with Crippen LogP contribution in [-0.4, -0.2) is 31.6 Å². The van der Waals surface area contributed by atoms with Crippen LogP contribution in [0, 0.1) is 0 Å². The van der Waals surface area contributed by atoms with Crippen LogP contribution in [0.1, 0.15) is 20.1 Å². The van der Waals surface area contributed by atoms with Gasteiger partial charge in [-0.05, 0) is 41.1 Å². The third-order valence-corrected chi connectivity index (χ3v) is 5.50. The fraction of sp³-hybridized carbons (Fsp3) is 0.0952. The smallest absolute Gasteiger partial charge is 0.340 e. The average molecular weight is 428 g/mol. The molecule has 6 nitrogen and oxygen atoms in total. The number of anilines is 1. The molecule has 3 rings (SSSR count). The van der Waals surface area contributed by atoms with Crippen molar-refractivity contribution >= 4 is 57.9 Å². The maximum absolute atomic E-state index is 12.6. The predicted octanol–water partition coefficient (Wildman–Crippen LogP) is 4.32. The van der Waals surface area contributed by atoms with Crippen LogP contribution in [0.3, 0.4) is 0 Å². The number of esters is 2. The van der Waals surface area contributed by atoms with Gasteiger partial charge in [0.2, 0.25) is 0 Å². The molecule has 0 unspecified atom stereocenters. The zero-order chi connectivity index (χ0) is 20.6. The normalized spacial score (nSPS) is 11.0. The third kappa shape index (κ3) is 5.40. The number of amides is 1. The molecular formula is C21H17NO5S2. The van der Waals surface area contributed by atoms with Crippen molar-refractivity contribution in [2.75, 3.05) is 19.0 Å². The first kappa shape index (κ1) is 20.5. The van der Waals surface area contributed by atoms with Crippen LogP contribution in [0.15, 0.2) is 59.3 Å². The Labute approximate surface area is 175 Å². The Bertz CT molecular complexity index is 1020. The summed E-state index contributed by atoms with van der Waals surface area (Å²) in [6, 6.07) is 13.9. The summed E-state index contributed by atoms with van der Waals surface area (Å²) in [7, 11) is 1.26. The molecule has 0 saturated carbocycles. The molecule has 2 heterocycles. The van der Waals surface area contributed by atoms with Crippen LogP contribution in [0.25, 0.3) is 11.6 Å². The monoisotopic (exact) mass is 427 g/mol. The van der Waals surface area contributed by atoms with E-state index in [4.69, 9.17) is 9.47 Å². The topological polar surface area (TPSA) is 81.7 Å². The lowest BCUT2D eigenvalue weighted by atomic mass is 10.2. The van der Waals surface area contributed by atoms with Gasteiger partial charge < -0.3 is 14.8 Å². The fourth-order valence-corrected chi connectivity index (χ4v) is 3.84. The van der Waals surface area contributed by atoms with Gasteiger partial charge in [0.1, 0.15) is 0 Å². The number of para-hydroxylation sites is 1. The Morgan fingerprint density at radius 1 is 1.00 bits per heavy atom. The van der Waals surface area contributed by atoms with Crippen molar-refractivity contribution in [1.29, 1.82) is 0 Å². The van der Waals surface area contributed by atoms with Gasteiger partial charge in [0.05, 0.1) is 23.9 Å². The number of carbonyl (C=O) groups excluding carboxylic acids is 3. The van der Waals surface area contributed by atoms with E-state index in [0.717, 1.165) is 9.75 Å². The number of methoxy groups -OCH3 is 1. The Balaban J connectivity index is 1.68. The van der Waals surface area contributed by atoms with Crippen LogP contribution >= 0.6 is 22.7 Å². The van der Waals surface area contributed by atoms with Crippen molar-refractivity contribution in [3.05, 3.63) is 74.6 Å². The lowest BCUT2D eigenvalue weighted by Crippen LogP contribution is -2.22. The van der Waals surface area contributed by atoms with Crippen molar-refractivity contribution < 1.29 is 23.9 Å². The van der Waals surface area contributed by atoms with Gasteiger partial charge >= 0.3 is 11.9 Å². The summed E-state index contributed by atoms with van der Waals surface area (Å²) >= 11 is 2.91. The van der Waals surface area contributed by atoms with Crippen LogP contribution < -0.4 is 5.32 Å². The molecule has 3 aromatic rings. The van der Waals surface area contributed by atoms with E-state index < -0.39 is 24.5 Å². The molecule has 0 radical (unpaired) electrons. The maximum atomic E-state index is 12.6. The van der Waals surface area contributed by atoms with Crippen molar-refractivity contribution in [2.24, 2.45) is 0 Å². The number of thiophene rings is 2. The standard InChI is InChI=1S/C21H17NO5S2/c1-26-20(24)15-7-2-3-8-17(15)22-19(23)13-27-21(25)16(18-9-5-11-29-18)12-14-6-4-10-28-14/h2-12H,13H2,1H3,(H,22,23). The minimum atomic E-state index is -0.600. The van der Waals surface area contributed by atoms with Gasteiger partial charge in [0.25, 0.3) is 5.91 Å². The quantitative estimate of drug-likeness (QED) is 0.449. The molecule has 0 aliphatic heterocycles. The molecular weight excluding hydrogens is 410 g/mol. The summed E-state index contributed by atoms with van der Waals surface area (Å²) in [6.45, 7) is -0.485. The van der Waals surface area contributed by atoms with E-state index >= 15 is 0 Å². The lowest BCUT2D eigenvalue weighted by Gasteiger charge is -2.10. The molecule has 8 heteroatoms. The molecule has 29 heavy (non-hydrogen) atoms. The molecule has 1 N–H and O–H groups in total. The first-order valence-corrected chi connectivity index (χ1v) is 10.3. The highest BCUT2D eigenvalue weighted by atomic mass is 32.1. The maximum Gasteiger partial charge on any atom is 0.340 e. The van der Waals surface area contributed by atoms with Crippen molar-refractivity contribution in [3.63, 3.8) is 0 Å². The van der Waals surface area contributed by atoms with E-state index in [9.17, 15) is 14.4 Å². The summed E-state index contributed by atoms with van der Waals surface area (Å²) in [5.41, 5.74) is 0.879. The number of carbonyl (C=O) groups is 3. The molecule has 148 valence electrons. The zero-order valence-corrected chi connectivity index (χ0v) is 17.0. The van der Waals surface area contributed by atoms with E-state index in [1.807, 2.05) is 35.0 Å². The van der Waals surface area contributed by atoms with Gasteiger partial charge in [-0.2, -0.15) is 0 Å². The minimum Gasteiger partial charge on any atom is -0.465 e. The molecule has 2 aromatic heterocycles. The van der Waals surface area contributed by atoms with Gasteiger partial charge in [-0.3, -0.25) is 4.79 Å². The fourth-order valence-electron chi connectivity index (χ4n) is 2.45. The Morgan fingerprint density at radius 3 is 2.45 bits per heavy atom. The summed E-state index contributed by atoms with van der Waals surface area (Å²) in [5, 5.41) is 6.34. The van der Waals surface area contributed by atoms with E-state index in [1.54, 1.807) is 24.3 Å². The lowest BCUT2D eigenvalue weighted by molar-refractivity contribution is -0.141. The highest BCUT2D eigenvalue weighted by Crippen LogP contribution is 2.26. The number of hydrogen-bond acceptors (Lipinski definition) is 7. The van der Waals surface area contributed by atoms with Gasteiger partial charge in [-0.25, -0.2) is 9.59 Å². The van der Waals surface area contributed by atoms with E-state index in [0.29, 0.717) is 5.57 Å². The van der Waals surface area contributed by atoms with Crippen molar-refractivity contribution in [3.8, 4) is 0 Å². The highest BCUT2D eigenvalue weighted by molar-refractivity contribution is 7.12. The van der Waals surface area contributed by atoms with Gasteiger partial charge in [0, 0.05) is 9.75 Å². The first-order valence-electron chi connectivity index (χ1n) is 8.52. The largest absolute Gasteiger partial charge is 0.465 e. The second-order valence-electron chi connectivity index (χ2n) is 5.71. The van der Waals surface area contributed by atoms with E-state index in [1.165, 1.54) is 35.8 Å². The Kier molecular flexibility index (Phi) is 6.94.